The Hall–Kier alpha value is -3.03. The monoisotopic (exact) mass is 365 g/mol. The van der Waals surface area contributed by atoms with Crippen LogP contribution in [-0.4, -0.2) is 18.5 Å². The predicted octanol–water partition coefficient (Wildman–Crippen LogP) is 4.08. The number of rotatable bonds is 4. The van der Waals surface area contributed by atoms with Gasteiger partial charge in [0, 0.05) is 11.4 Å². The Morgan fingerprint density at radius 3 is 2.23 bits per heavy atom. The number of hydrogen-bond donors (Lipinski definition) is 3. The van der Waals surface area contributed by atoms with Gasteiger partial charge in [0.25, 0.3) is 0 Å². The lowest BCUT2D eigenvalue weighted by atomic mass is 10.1. The van der Waals surface area contributed by atoms with Gasteiger partial charge in [0.1, 0.15) is 0 Å². The highest BCUT2D eigenvalue weighted by molar-refractivity contribution is 5.97. The van der Waals surface area contributed by atoms with Crippen LogP contribution in [-0.2, 0) is 11.0 Å². The van der Waals surface area contributed by atoms with Crippen LogP contribution in [0.2, 0.25) is 0 Å². The summed E-state index contributed by atoms with van der Waals surface area (Å²) in [7, 11) is 0. The first kappa shape index (κ1) is 19.3. The molecule has 0 unspecified atom stereocenters. The zero-order chi connectivity index (χ0) is 19.3. The smallest absolute Gasteiger partial charge is 0.329 e. The van der Waals surface area contributed by atoms with Gasteiger partial charge in [-0.2, -0.15) is 13.2 Å². The Morgan fingerprint density at radius 1 is 0.962 bits per heavy atom. The Bertz CT molecular complexity index is 802. The Kier molecular flexibility index (Phi) is 5.86. The number of anilines is 2. The summed E-state index contributed by atoms with van der Waals surface area (Å²) in [6, 6.07) is 8.94. The molecule has 0 saturated carbocycles. The van der Waals surface area contributed by atoms with Crippen LogP contribution in [0.4, 0.5) is 29.3 Å². The fourth-order valence-electron chi connectivity index (χ4n) is 2.16. The highest BCUT2D eigenvalue weighted by atomic mass is 19.4. The number of benzene rings is 2. The molecule has 2 aromatic carbocycles. The molecule has 26 heavy (non-hydrogen) atoms. The normalized spacial score (nSPS) is 11.0. The minimum atomic E-state index is -4.43. The van der Waals surface area contributed by atoms with Crippen molar-refractivity contribution in [2.45, 2.75) is 20.0 Å². The molecule has 0 fully saturated rings. The van der Waals surface area contributed by atoms with Crippen LogP contribution >= 0.6 is 0 Å². The highest BCUT2D eigenvalue weighted by Crippen LogP contribution is 2.29. The zero-order valence-electron chi connectivity index (χ0n) is 14.2. The van der Waals surface area contributed by atoms with Crippen molar-refractivity contribution in [2.24, 2.45) is 0 Å². The molecule has 0 heterocycles. The molecule has 2 aromatic rings. The lowest BCUT2D eigenvalue weighted by Gasteiger charge is -2.12. The van der Waals surface area contributed by atoms with Crippen molar-refractivity contribution in [3.8, 4) is 0 Å². The highest BCUT2D eigenvalue weighted by Gasteiger charge is 2.29. The second kappa shape index (κ2) is 7.90. The van der Waals surface area contributed by atoms with Gasteiger partial charge in [-0.1, -0.05) is 12.1 Å². The van der Waals surface area contributed by atoms with E-state index >= 15 is 0 Å². The van der Waals surface area contributed by atoms with E-state index in [9.17, 15) is 22.8 Å². The van der Waals surface area contributed by atoms with E-state index in [2.05, 4.69) is 16.0 Å². The number of nitrogens with one attached hydrogen (secondary N) is 3. The summed E-state index contributed by atoms with van der Waals surface area (Å²) >= 11 is 0. The zero-order valence-corrected chi connectivity index (χ0v) is 14.2. The molecule has 0 aromatic heterocycles. The SMILES string of the molecule is Cc1cccc(NC(=O)NCC(=O)Nc2ccc(C(F)(F)F)cc2)c1C. The van der Waals surface area contributed by atoms with Crippen molar-refractivity contribution >= 4 is 23.3 Å². The summed E-state index contributed by atoms with van der Waals surface area (Å²) in [5.74, 6) is -0.555. The second-order valence-corrected chi connectivity index (χ2v) is 5.68. The van der Waals surface area contributed by atoms with Gasteiger partial charge in [-0.3, -0.25) is 4.79 Å². The van der Waals surface area contributed by atoms with Gasteiger partial charge in [-0.15, -0.1) is 0 Å². The molecule has 0 saturated heterocycles. The maximum atomic E-state index is 12.5. The third-order valence-corrected chi connectivity index (χ3v) is 3.76. The van der Waals surface area contributed by atoms with E-state index in [0.717, 1.165) is 35.4 Å². The fraction of sp³-hybridized carbons (Fsp3) is 0.222. The number of carbonyl (C=O) groups is 2. The number of alkyl halides is 3. The molecule has 5 nitrogen and oxygen atoms in total. The average molecular weight is 365 g/mol. The van der Waals surface area contributed by atoms with Crippen LogP contribution in [0.5, 0.6) is 0 Å². The van der Waals surface area contributed by atoms with Crippen LogP contribution in [0.15, 0.2) is 42.5 Å². The van der Waals surface area contributed by atoms with E-state index in [1.54, 1.807) is 12.1 Å². The lowest BCUT2D eigenvalue weighted by molar-refractivity contribution is -0.137. The van der Waals surface area contributed by atoms with E-state index in [-0.39, 0.29) is 12.2 Å². The molecule has 0 atom stereocenters. The number of carbonyl (C=O) groups excluding carboxylic acids is 2. The average Bonchev–Trinajstić information content (AvgIpc) is 2.57. The Morgan fingerprint density at radius 2 is 1.62 bits per heavy atom. The molecule has 0 aliphatic rings. The van der Waals surface area contributed by atoms with Crippen LogP contribution < -0.4 is 16.0 Å². The molecule has 138 valence electrons. The summed E-state index contributed by atoms with van der Waals surface area (Å²) in [4.78, 5) is 23.7. The number of amides is 3. The molecular formula is C18H18F3N3O2. The van der Waals surface area contributed by atoms with Crippen LogP contribution in [0.3, 0.4) is 0 Å². The van der Waals surface area contributed by atoms with Crippen LogP contribution in [0, 0.1) is 13.8 Å². The van der Waals surface area contributed by atoms with Gasteiger partial charge in [-0.25, -0.2) is 4.79 Å². The molecule has 3 amide bonds. The third kappa shape index (κ3) is 5.23. The van der Waals surface area contributed by atoms with Gasteiger partial charge in [0.05, 0.1) is 12.1 Å². The quantitative estimate of drug-likeness (QED) is 0.764. The van der Waals surface area contributed by atoms with Crippen molar-refractivity contribution in [2.75, 3.05) is 17.2 Å². The Labute approximate surface area is 148 Å². The van der Waals surface area contributed by atoms with Gasteiger partial charge in [0.2, 0.25) is 5.91 Å². The maximum absolute atomic E-state index is 12.5. The van der Waals surface area contributed by atoms with Gasteiger partial charge in [-0.05, 0) is 55.3 Å². The summed E-state index contributed by atoms with van der Waals surface area (Å²) < 4.78 is 37.4. The van der Waals surface area contributed by atoms with Crippen molar-refractivity contribution in [3.05, 3.63) is 59.2 Å². The number of aryl methyl sites for hydroxylation is 1. The van der Waals surface area contributed by atoms with Crippen LogP contribution in [0.25, 0.3) is 0 Å². The standard InChI is InChI=1S/C18H18F3N3O2/c1-11-4-3-5-15(12(11)2)24-17(26)22-10-16(25)23-14-8-6-13(7-9-14)18(19,20)21/h3-9H,10H2,1-2H3,(H,23,25)(H2,22,24,26). The van der Waals surface area contributed by atoms with Crippen molar-refractivity contribution in [1.82, 2.24) is 5.32 Å². The van der Waals surface area contributed by atoms with Crippen molar-refractivity contribution < 1.29 is 22.8 Å². The largest absolute Gasteiger partial charge is 0.416 e. The van der Waals surface area contributed by atoms with Crippen LogP contribution in [0.1, 0.15) is 16.7 Å². The summed E-state index contributed by atoms with van der Waals surface area (Å²) in [6.45, 7) is 3.45. The lowest BCUT2D eigenvalue weighted by Crippen LogP contribution is -2.36. The second-order valence-electron chi connectivity index (χ2n) is 5.68. The third-order valence-electron chi connectivity index (χ3n) is 3.76. The summed E-state index contributed by atoms with van der Waals surface area (Å²) in [5, 5.41) is 7.44. The Balaban J connectivity index is 1.84. The molecule has 0 spiro atoms. The molecule has 8 heteroatoms. The first-order valence-corrected chi connectivity index (χ1v) is 7.75. The van der Waals surface area contributed by atoms with Gasteiger partial charge >= 0.3 is 12.2 Å². The molecule has 0 aliphatic carbocycles. The molecule has 0 aliphatic heterocycles. The molecular weight excluding hydrogens is 347 g/mol. The fourth-order valence-corrected chi connectivity index (χ4v) is 2.16. The summed E-state index contributed by atoms with van der Waals surface area (Å²) in [6.07, 6.45) is -4.43. The minimum absolute atomic E-state index is 0.208. The molecule has 0 radical (unpaired) electrons. The molecule has 0 bridgehead atoms. The summed E-state index contributed by atoms with van der Waals surface area (Å²) in [5.41, 5.74) is 1.96. The van der Waals surface area contributed by atoms with Crippen molar-refractivity contribution in [3.63, 3.8) is 0 Å². The number of halogens is 3. The van der Waals surface area contributed by atoms with Gasteiger partial charge in [0.15, 0.2) is 0 Å². The number of hydrogen-bond acceptors (Lipinski definition) is 2. The molecule has 2 rings (SSSR count). The van der Waals surface area contributed by atoms with E-state index in [0.29, 0.717) is 5.69 Å². The van der Waals surface area contributed by atoms with Gasteiger partial charge < -0.3 is 16.0 Å². The number of urea groups is 1. The van der Waals surface area contributed by atoms with Crippen molar-refractivity contribution in [1.29, 1.82) is 0 Å². The van der Waals surface area contributed by atoms with E-state index in [4.69, 9.17) is 0 Å². The van der Waals surface area contributed by atoms with E-state index in [1.165, 1.54) is 0 Å². The minimum Gasteiger partial charge on any atom is -0.329 e. The molecule has 3 N–H and O–H groups in total. The maximum Gasteiger partial charge on any atom is 0.416 e. The van der Waals surface area contributed by atoms with E-state index < -0.39 is 23.7 Å². The first-order chi connectivity index (χ1) is 12.2. The topological polar surface area (TPSA) is 70.2 Å². The predicted molar refractivity (Wildman–Crippen MR) is 93.0 cm³/mol. The first-order valence-electron chi connectivity index (χ1n) is 7.75. The van der Waals surface area contributed by atoms with E-state index in [1.807, 2.05) is 19.9 Å².